The third-order valence-electron chi connectivity index (χ3n) is 3.85. The van der Waals surface area contributed by atoms with E-state index in [-0.39, 0.29) is 17.0 Å². The lowest BCUT2D eigenvalue weighted by Gasteiger charge is -2.19. The molecule has 0 fully saturated rings. The maximum Gasteiger partial charge on any atom is 0.258 e. The van der Waals surface area contributed by atoms with Gasteiger partial charge in [-0.25, -0.2) is 18.1 Å². The molecule has 24 heavy (non-hydrogen) atoms. The number of aromatic nitrogens is 3. The highest BCUT2D eigenvalue weighted by atomic mass is 32.2. The SMILES string of the molecule is CC(C)(C)c1ccc(CNS(=O)(=O)c2[nH]nc3ncccc23)cc1. The molecule has 126 valence electrons. The maximum absolute atomic E-state index is 12.5. The quantitative estimate of drug-likeness (QED) is 0.762. The fraction of sp³-hybridized carbons (Fsp3) is 0.294. The zero-order chi connectivity index (χ0) is 17.4. The van der Waals surface area contributed by atoms with Crippen LogP contribution in [0.4, 0.5) is 0 Å². The molecule has 6 nitrogen and oxygen atoms in total. The van der Waals surface area contributed by atoms with Crippen LogP contribution >= 0.6 is 0 Å². The monoisotopic (exact) mass is 344 g/mol. The van der Waals surface area contributed by atoms with Crippen molar-refractivity contribution in [2.24, 2.45) is 0 Å². The number of benzene rings is 1. The molecule has 2 aromatic heterocycles. The van der Waals surface area contributed by atoms with E-state index in [0.29, 0.717) is 11.0 Å². The van der Waals surface area contributed by atoms with Gasteiger partial charge in [0.15, 0.2) is 10.7 Å². The number of nitrogens with zero attached hydrogens (tertiary/aromatic N) is 2. The number of hydrogen-bond donors (Lipinski definition) is 2. The Morgan fingerprint density at radius 1 is 1.12 bits per heavy atom. The molecule has 2 N–H and O–H groups in total. The van der Waals surface area contributed by atoms with Crippen LogP contribution in [0.3, 0.4) is 0 Å². The Hall–Kier alpha value is -2.25. The van der Waals surface area contributed by atoms with Gasteiger partial charge in [0, 0.05) is 12.7 Å². The molecule has 7 heteroatoms. The number of pyridine rings is 1. The number of rotatable bonds is 4. The third-order valence-corrected chi connectivity index (χ3v) is 5.22. The highest BCUT2D eigenvalue weighted by Crippen LogP contribution is 2.22. The van der Waals surface area contributed by atoms with Crippen molar-refractivity contribution < 1.29 is 8.42 Å². The Balaban J connectivity index is 1.78. The second-order valence-electron chi connectivity index (χ2n) is 6.70. The Morgan fingerprint density at radius 2 is 1.83 bits per heavy atom. The highest BCUT2D eigenvalue weighted by molar-refractivity contribution is 7.89. The molecule has 0 spiro atoms. The number of fused-ring (bicyclic) bond motifs is 1. The summed E-state index contributed by atoms with van der Waals surface area (Å²) >= 11 is 0. The van der Waals surface area contributed by atoms with Gasteiger partial charge in [0.05, 0.1) is 5.39 Å². The van der Waals surface area contributed by atoms with Crippen LogP contribution in [0.5, 0.6) is 0 Å². The molecule has 0 atom stereocenters. The second kappa shape index (κ2) is 5.99. The van der Waals surface area contributed by atoms with Crippen molar-refractivity contribution in [1.29, 1.82) is 0 Å². The summed E-state index contributed by atoms with van der Waals surface area (Å²) in [7, 11) is -3.69. The first-order valence-electron chi connectivity index (χ1n) is 7.65. The number of nitrogens with one attached hydrogen (secondary N) is 2. The Morgan fingerprint density at radius 3 is 2.50 bits per heavy atom. The number of aromatic amines is 1. The minimum atomic E-state index is -3.69. The number of sulfonamides is 1. The average Bonchev–Trinajstić information content (AvgIpc) is 2.97. The fourth-order valence-corrected chi connectivity index (χ4v) is 3.52. The maximum atomic E-state index is 12.5. The van der Waals surface area contributed by atoms with Gasteiger partial charge in [0.1, 0.15) is 0 Å². The fourth-order valence-electron chi connectivity index (χ4n) is 2.41. The van der Waals surface area contributed by atoms with Gasteiger partial charge < -0.3 is 0 Å². The van der Waals surface area contributed by atoms with Crippen LogP contribution in [0, 0.1) is 0 Å². The molecule has 0 saturated carbocycles. The predicted molar refractivity (Wildman–Crippen MR) is 93.1 cm³/mol. The normalized spacial score (nSPS) is 12.6. The van der Waals surface area contributed by atoms with Crippen LogP contribution in [0.1, 0.15) is 31.9 Å². The van der Waals surface area contributed by atoms with Crippen LogP contribution in [0.15, 0.2) is 47.6 Å². The minimum Gasteiger partial charge on any atom is -0.263 e. The number of H-pyrrole nitrogens is 1. The van der Waals surface area contributed by atoms with Gasteiger partial charge in [-0.3, -0.25) is 5.10 Å². The molecular weight excluding hydrogens is 324 g/mol. The van der Waals surface area contributed by atoms with E-state index < -0.39 is 10.0 Å². The van der Waals surface area contributed by atoms with E-state index >= 15 is 0 Å². The molecule has 0 aliphatic heterocycles. The topological polar surface area (TPSA) is 87.7 Å². The zero-order valence-corrected chi connectivity index (χ0v) is 14.7. The molecule has 0 amide bonds. The number of hydrogen-bond acceptors (Lipinski definition) is 4. The summed E-state index contributed by atoms with van der Waals surface area (Å²) in [5.41, 5.74) is 2.56. The Bertz CT molecular complexity index is 954. The lowest BCUT2D eigenvalue weighted by molar-refractivity contribution is 0.577. The van der Waals surface area contributed by atoms with Crippen LogP contribution < -0.4 is 4.72 Å². The Kier molecular flexibility index (Phi) is 4.15. The van der Waals surface area contributed by atoms with Gasteiger partial charge in [-0.05, 0) is 28.7 Å². The predicted octanol–water partition coefficient (Wildman–Crippen LogP) is 2.73. The van der Waals surface area contributed by atoms with E-state index in [2.05, 4.69) is 40.7 Å². The minimum absolute atomic E-state index is 0.0388. The highest BCUT2D eigenvalue weighted by Gasteiger charge is 2.20. The van der Waals surface area contributed by atoms with Gasteiger partial charge in [-0.1, -0.05) is 45.0 Å². The Labute approximate surface area is 141 Å². The summed E-state index contributed by atoms with van der Waals surface area (Å²) in [5, 5.41) is 7.00. The van der Waals surface area contributed by atoms with E-state index in [9.17, 15) is 8.42 Å². The van der Waals surface area contributed by atoms with Crippen LogP contribution in [0.25, 0.3) is 11.0 Å². The summed E-state index contributed by atoms with van der Waals surface area (Å²) in [6.45, 7) is 6.64. The largest absolute Gasteiger partial charge is 0.263 e. The van der Waals surface area contributed by atoms with Crippen molar-refractivity contribution in [2.45, 2.75) is 37.8 Å². The molecule has 0 aliphatic rings. The first kappa shape index (κ1) is 16.6. The summed E-state index contributed by atoms with van der Waals surface area (Å²) in [4.78, 5) is 4.03. The second-order valence-corrected chi connectivity index (χ2v) is 8.40. The molecule has 3 aromatic rings. The van der Waals surface area contributed by atoms with Crippen molar-refractivity contribution >= 4 is 21.1 Å². The van der Waals surface area contributed by atoms with E-state index in [0.717, 1.165) is 5.56 Å². The van der Waals surface area contributed by atoms with E-state index in [1.54, 1.807) is 18.3 Å². The van der Waals surface area contributed by atoms with Gasteiger partial charge in [-0.2, -0.15) is 5.10 Å². The van der Waals surface area contributed by atoms with Crippen molar-refractivity contribution in [3.05, 3.63) is 53.7 Å². The molecule has 0 unspecified atom stereocenters. The van der Waals surface area contributed by atoms with Gasteiger partial charge >= 0.3 is 0 Å². The van der Waals surface area contributed by atoms with Crippen molar-refractivity contribution in [3.63, 3.8) is 0 Å². The van der Waals surface area contributed by atoms with Crippen molar-refractivity contribution in [1.82, 2.24) is 19.9 Å². The van der Waals surface area contributed by atoms with Crippen LogP contribution in [0.2, 0.25) is 0 Å². The molecule has 0 radical (unpaired) electrons. The van der Waals surface area contributed by atoms with E-state index in [1.807, 2.05) is 24.3 Å². The van der Waals surface area contributed by atoms with E-state index in [4.69, 9.17) is 0 Å². The van der Waals surface area contributed by atoms with Crippen molar-refractivity contribution in [3.8, 4) is 0 Å². The lowest BCUT2D eigenvalue weighted by Crippen LogP contribution is -2.24. The van der Waals surface area contributed by atoms with Gasteiger partial charge in [0.25, 0.3) is 10.0 Å². The van der Waals surface area contributed by atoms with Gasteiger partial charge in [-0.15, -0.1) is 0 Å². The molecule has 3 rings (SSSR count). The molecule has 2 heterocycles. The lowest BCUT2D eigenvalue weighted by atomic mass is 9.87. The summed E-state index contributed by atoms with van der Waals surface area (Å²) in [6.07, 6.45) is 1.57. The van der Waals surface area contributed by atoms with Crippen molar-refractivity contribution in [2.75, 3.05) is 0 Å². The molecular formula is C17H20N4O2S. The standard InChI is InChI=1S/C17H20N4O2S/c1-17(2,3)13-8-6-12(7-9-13)11-19-24(22,23)16-14-5-4-10-18-15(14)20-21-16/h4-10,19H,11H2,1-3H3,(H,18,20,21). The van der Waals surface area contributed by atoms with Gasteiger partial charge in [0.2, 0.25) is 0 Å². The molecule has 0 saturated heterocycles. The molecule has 0 bridgehead atoms. The smallest absolute Gasteiger partial charge is 0.258 e. The summed E-state index contributed by atoms with van der Waals surface area (Å²) in [6, 6.07) is 11.3. The average molecular weight is 344 g/mol. The van der Waals surface area contributed by atoms with E-state index in [1.165, 1.54) is 5.56 Å². The first-order valence-corrected chi connectivity index (χ1v) is 9.14. The van der Waals surface area contributed by atoms with Crippen LogP contribution in [-0.4, -0.2) is 23.6 Å². The molecule has 0 aliphatic carbocycles. The summed E-state index contributed by atoms with van der Waals surface area (Å²) < 4.78 is 27.6. The first-order chi connectivity index (χ1) is 11.3. The summed E-state index contributed by atoms with van der Waals surface area (Å²) in [5.74, 6) is 0. The molecule has 1 aromatic carbocycles. The van der Waals surface area contributed by atoms with Crippen LogP contribution in [-0.2, 0) is 22.0 Å². The third kappa shape index (κ3) is 3.32. The zero-order valence-electron chi connectivity index (χ0n) is 13.9.